The molecule has 0 fully saturated rings. The standard InChI is InChI=1S/Na.O3P.Pb/c;1-4(2)3;/q+1;-3;+2. The van der Waals surface area contributed by atoms with Crippen LogP contribution in [0, 0.1) is 0 Å². The quantitative estimate of drug-likeness (QED) is 0.330. The molecule has 0 amide bonds. The molecule has 0 rings (SSSR count). The van der Waals surface area contributed by atoms with Crippen molar-refractivity contribution < 1.29 is 44.2 Å². The van der Waals surface area contributed by atoms with Crippen LogP contribution in [0.15, 0.2) is 0 Å². The molecule has 2 radical (unpaired) electrons. The second-order valence-electron chi connectivity index (χ2n) is 0.224. The van der Waals surface area contributed by atoms with Crippen LogP contribution in [0.5, 0.6) is 0 Å². The summed E-state index contributed by atoms with van der Waals surface area (Å²) >= 11 is 0. The molecular formula is NaO3PPb. The molecule has 0 atom stereocenters. The SMILES string of the molecule is [Na+].[O-]P([O-])[O-].[Pb+2]. The van der Waals surface area contributed by atoms with E-state index in [1.807, 2.05) is 0 Å². The molecule has 0 saturated carbocycles. The fourth-order valence-corrected chi connectivity index (χ4v) is 0. The van der Waals surface area contributed by atoms with Gasteiger partial charge in [0.15, 0.2) is 0 Å². The summed E-state index contributed by atoms with van der Waals surface area (Å²) in [5, 5.41) is 0. The van der Waals surface area contributed by atoms with Gasteiger partial charge in [0.1, 0.15) is 0 Å². The average molecular weight is 309 g/mol. The summed E-state index contributed by atoms with van der Waals surface area (Å²) in [5.74, 6) is 0. The summed E-state index contributed by atoms with van der Waals surface area (Å²) in [4.78, 5) is 25.4. The molecule has 0 aromatic carbocycles. The van der Waals surface area contributed by atoms with Gasteiger partial charge in [0.2, 0.25) is 0 Å². The van der Waals surface area contributed by atoms with Gasteiger partial charge in [-0.3, -0.25) is 0 Å². The second kappa shape index (κ2) is 10.3. The third-order valence-corrected chi connectivity index (χ3v) is 0. The fourth-order valence-electron chi connectivity index (χ4n) is 0. The number of rotatable bonds is 0. The Kier molecular flexibility index (Phi) is 26.9. The van der Waals surface area contributed by atoms with Crippen molar-refractivity contribution in [3.05, 3.63) is 0 Å². The molecule has 0 aromatic rings. The van der Waals surface area contributed by atoms with Crippen molar-refractivity contribution in [3.63, 3.8) is 0 Å². The van der Waals surface area contributed by atoms with Crippen LogP contribution in [0.2, 0.25) is 0 Å². The summed E-state index contributed by atoms with van der Waals surface area (Å²) in [6.07, 6.45) is 0. The van der Waals surface area contributed by atoms with Gasteiger partial charge in [-0.15, -0.1) is 0 Å². The van der Waals surface area contributed by atoms with Crippen molar-refractivity contribution >= 4 is 35.9 Å². The largest absolute Gasteiger partial charge is 2.00 e. The van der Waals surface area contributed by atoms with Gasteiger partial charge in [-0.2, -0.15) is 0 Å². The van der Waals surface area contributed by atoms with E-state index in [2.05, 4.69) is 0 Å². The Hall–Kier alpha value is 2.23. The first-order valence-electron chi connectivity index (χ1n) is 0.548. The Labute approximate surface area is 79.2 Å². The van der Waals surface area contributed by atoms with E-state index in [9.17, 15) is 0 Å². The van der Waals surface area contributed by atoms with E-state index in [0.717, 1.165) is 0 Å². The van der Waals surface area contributed by atoms with E-state index >= 15 is 0 Å². The Morgan fingerprint density at radius 3 is 1.00 bits per heavy atom. The van der Waals surface area contributed by atoms with Gasteiger partial charge < -0.3 is 23.3 Å². The Balaban J connectivity index is -0.0000000450. The van der Waals surface area contributed by atoms with Crippen LogP contribution in [0.3, 0.4) is 0 Å². The molecular weight excluding hydrogens is 309 g/mol. The zero-order chi connectivity index (χ0) is 3.58. The van der Waals surface area contributed by atoms with Crippen LogP contribution >= 0.6 is 8.60 Å². The van der Waals surface area contributed by atoms with E-state index in [1.54, 1.807) is 0 Å². The molecule has 0 unspecified atom stereocenters. The summed E-state index contributed by atoms with van der Waals surface area (Å²) in [5.41, 5.74) is 0. The minimum Gasteiger partial charge on any atom is -0.854 e. The molecule has 0 aliphatic carbocycles. The minimum atomic E-state index is -3.37. The summed E-state index contributed by atoms with van der Waals surface area (Å²) < 4.78 is 0. The van der Waals surface area contributed by atoms with Crippen LogP contribution < -0.4 is 44.2 Å². The van der Waals surface area contributed by atoms with E-state index in [4.69, 9.17) is 14.7 Å². The molecule has 6 heteroatoms. The molecule has 0 bridgehead atoms. The third-order valence-electron chi connectivity index (χ3n) is 0. The van der Waals surface area contributed by atoms with Crippen LogP contribution in [-0.4, -0.2) is 27.3 Å². The van der Waals surface area contributed by atoms with Crippen molar-refractivity contribution in [1.29, 1.82) is 0 Å². The van der Waals surface area contributed by atoms with Crippen molar-refractivity contribution in [1.82, 2.24) is 0 Å². The molecule has 0 spiro atoms. The van der Waals surface area contributed by atoms with E-state index in [0.29, 0.717) is 0 Å². The molecule has 0 N–H and O–H groups in total. The number of hydrogen-bond acceptors (Lipinski definition) is 3. The molecule has 6 heavy (non-hydrogen) atoms. The molecule has 0 heterocycles. The van der Waals surface area contributed by atoms with Crippen molar-refractivity contribution in [3.8, 4) is 0 Å². The van der Waals surface area contributed by atoms with Crippen LogP contribution in [0.25, 0.3) is 0 Å². The molecule has 0 saturated heterocycles. The predicted molar refractivity (Wildman–Crippen MR) is 12.7 cm³/mol. The fraction of sp³-hybridized carbons (Fsp3) is 0. The minimum absolute atomic E-state index is 0. The summed E-state index contributed by atoms with van der Waals surface area (Å²) in [7, 11) is -3.37. The van der Waals surface area contributed by atoms with Crippen molar-refractivity contribution in [2.45, 2.75) is 0 Å². The van der Waals surface area contributed by atoms with Crippen LogP contribution in [0.1, 0.15) is 0 Å². The summed E-state index contributed by atoms with van der Waals surface area (Å²) in [6, 6.07) is 0. The first-order chi connectivity index (χ1) is 1.73. The van der Waals surface area contributed by atoms with Crippen LogP contribution in [0.4, 0.5) is 0 Å². The Morgan fingerprint density at radius 1 is 1.00 bits per heavy atom. The average Bonchev–Trinajstić information content (AvgIpc) is 0.811. The zero-order valence-electron chi connectivity index (χ0n) is 3.17. The molecule has 0 aliphatic heterocycles. The Morgan fingerprint density at radius 2 is 1.00 bits per heavy atom. The third kappa shape index (κ3) is 34.2. The van der Waals surface area contributed by atoms with Gasteiger partial charge in [0, 0.05) is 0 Å². The van der Waals surface area contributed by atoms with E-state index in [-0.39, 0.29) is 56.9 Å². The molecule has 3 nitrogen and oxygen atoms in total. The van der Waals surface area contributed by atoms with Gasteiger partial charge >= 0.3 is 56.9 Å². The smallest absolute Gasteiger partial charge is 0.854 e. The maximum atomic E-state index is 8.48. The first-order valence-corrected chi connectivity index (χ1v) is 1.64. The number of hydrogen-bond donors (Lipinski definition) is 0. The van der Waals surface area contributed by atoms with Gasteiger partial charge in [0.05, 0.1) is 0 Å². The van der Waals surface area contributed by atoms with E-state index < -0.39 is 8.60 Å². The topological polar surface area (TPSA) is 69.2 Å². The van der Waals surface area contributed by atoms with Crippen molar-refractivity contribution in [2.24, 2.45) is 0 Å². The van der Waals surface area contributed by atoms with Gasteiger partial charge in [0.25, 0.3) is 0 Å². The zero-order valence-corrected chi connectivity index (χ0v) is 9.95. The molecule has 0 aromatic heterocycles. The van der Waals surface area contributed by atoms with Crippen molar-refractivity contribution in [2.75, 3.05) is 0 Å². The second-order valence-corrected chi connectivity index (χ2v) is 0.671. The van der Waals surface area contributed by atoms with Gasteiger partial charge in [-0.1, -0.05) is 0 Å². The maximum absolute atomic E-state index is 8.48. The summed E-state index contributed by atoms with van der Waals surface area (Å²) in [6.45, 7) is 0. The maximum Gasteiger partial charge on any atom is 2.00 e. The van der Waals surface area contributed by atoms with Gasteiger partial charge in [-0.05, 0) is 0 Å². The molecule has 0 aliphatic rings. The first kappa shape index (κ1) is 15.7. The Bertz CT molecular complexity index is 15.5. The predicted octanol–water partition coefficient (Wildman–Crippen LogP) is -6.08. The normalized spacial score (nSPS) is 6.00. The monoisotopic (exact) mass is 310 g/mol. The van der Waals surface area contributed by atoms with E-state index in [1.165, 1.54) is 0 Å². The molecule has 28 valence electrons. The van der Waals surface area contributed by atoms with Crippen LogP contribution in [-0.2, 0) is 0 Å². The van der Waals surface area contributed by atoms with Gasteiger partial charge in [-0.25, -0.2) is 0 Å².